The van der Waals surface area contributed by atoms with Gasteiger partial charge in [-0.15, -0.1) is 24.9 Å². The van der Waals surface area contributed by atoms with Crippen molar-refractivity contribution in [3.63, 3.8) is 0 Å². The number of nitrogens with one attached hydrogen (secondary N) is 1. The Morgan fingerprint density at radius 2 is 1.97 bits per heavy atom. The molecule has 1 saturated carbocycles. The number of ether oxygens (including phenoxy) is 2. The van der Waals surface area contributed by atoms with Crippen molar-refractivity contribution in [2.45, 2.75) is 55.6 Å². The van der Waals surface area contributed by atoms with Crippen molar-refractivity contribution in [3.05, 3.63) is 30.5 Å². The van der Waals surface area contributed by atoms with Gasteiger partial charge in [-0.3, -0.25) is 10.1 Å². The normalized spacial score (nSPS) is 17.9. The molecule has 1 aliphatic rings. The summed E-state index contributed by atoms with van der Waals surface area (Å²) in [5.41, 5.74) is 0. The number of aromatic nitrogens is 1. The lowest BCUT2D eigenvalue weighted by Gasteiger charge is -2.36. The minimum absolute atomic E-state index is 0.0607. The van der Waals surface area contributed by atoms with E-state index in [0.29, 0.717) is 28.2 Å². The van der Waals surface area contributed by atoms with E-state index < -0.39 is 12.3 Å². The van der Waals surface area contributed by atoms with Crippen LogP contribution in [0.5, 0.6) is 11.5 Å². The molecule has 0 atom stereocenters. The number of thiazole rings is 1. The number of hydrogen-bond acceptors (Lipinski definition) is 7. The number of carbonyl (C=O) groups is 2. The van der Waals surface area contributed by atoms with Gasteiger partial charge < -0.3 is 19.5 Å². The molecule has 2 N–H and O–H groups in total. The number of aliphatic carboxylic acids is 1. The maximum Gasteiger partial charge on any atom is 0.573 e. The largest absolute Gasteiger partial charge is 0.573 e. The van der Waals surface area contributed by atoms with Gasteiger partial charge in [-0.2, -0.15) is 0 Å². The van der Waals surface area contributed by atoms with E-state index in [-0.39, 0.29) is 35.9 Å². The van der Waals surface area contributed by atoms with Gasteiger partial charge in [-0.25, -0.2) is 9.78 Å². The molecular weight excluding hydrogens is 519 g/mol. The number of thioether (sulfide) groups is 1. The van der Waals surface area contributed by atoms with E-state index in [0.717, 1.165) is 37.4 Å². The van der Waals surface area contributed by atoms with Crippen LogP contribution in [0.25, 0.3) is 0 Å². The van der Waals surface area contributed by atoms with Crippen molar-refractivity contribution < 1.29 is 37.3 Å². The second kappa shape index (κ2) is 13.0. The van der Waals surface area contributed by atoms with Gasteiger partial charge in [0.15, 0.2) is 5.13 Å². The molecule has 1 aromatic heterocycles. The molecule has 1 heterocycles. The summed E-state index contributed by atoms with van der Waals surface area (Å²) in [6.07, 6.45) is 1.02. The Bertz CT molecular complexity index is 1010. The first-order valence-corrected chi connectivity index (χ1v) is 13.3. The molecule has 1 aliphatic carbocycles. The Hall–Kier alpha value is -2.67. The number of carbonyl (C=O) groups excluding carboxylic acids is 1. The average molecular weight is 548 g/mol. The maximum absolute atomic E-state index is 13.1. The lowest BCUT2D eigenvalue weighted by atomic mass is 9.86. The van der Waals surface area contributed by atoms with Crippen LogP contribution in [0.3, 0.4) is 0 Å². The number of anilines is 1. The van der Waals surface area contributed by atoms with Gasteiger partial charge in [0.2, 0.25) is 0 Å². The second-order valence-corrected chi connectivity index (χ2v) is 10.7. The highest BCUT2D eigenvalue weighted by atomic mass is 32.2. The monoisotopic (exact) mass is 547 g/mol. The number of nitrogens with zero attached hydrogens (tertiary/aromatic N) is 2. The van der Waals surface area contributed by atoms with E-state index in [4.69, 9.17) is 9.84 Å². The molecule has 198 valence electrons. The molecule has 0 unspecified atom stereocenters. The molecule has 8 nitrogen and oxygen atoms in total. The van der Waals surface area contributed by atoms with E-state index in [1.165, 1.54) is 35.7 Å². The van der Waals surface area contributed by atoms with Crippen molar-refractivity contribution in [2.75, 3.05) is 24.2 Å². The first-order valence-electron chi connectivity index (χ1n) is 11.5. The zero-order valence-corrected chi connectivity index (χ0v) is 21.3. The van der Waals surface area contributed by atoms with Gasteiger partial charge in [0.1, 0.15) is 11.5 Å². The van der Waals surface area contributed by atoms with Crippen LogP contribution in [0.2, 0.25) is 0 Å². The zero-order chi connectivity index (χ0) is 26.1. The molecule has 13 heteroatoms. The van der Waals surface area contributed by atoms with Crippen LogP contribution in [0.4, 0.5) is 23.1 Å². The van der Waals surface area contributed by atoms with Gasteiger partial charge in [0, 0.05) is 18.7 Å². The van der Waals surface area contributed by atoms with Crippen LogP contribution in [-0.2, 0) is 4.79 Å². The number of halogens is 3. The fourth-order valence-electron chi connectivity index (χ4n) is 3.87. The predicted octanol–water partition coefficient (Wildman–Crippen LogP) is 6.10. The summed E-state index contributed by atoms with van der Waals surface area (Å²) in [7, 11) is 0. The highest BCUT2D eigenvalue weighted by Crippen LogP contribution is 2.31. The van der Waals surface area contributed by atoms with Gasteiger partial charge in [-0.05, 0) is 50.2 Å². The predicted molar refractivity (Wildman–Crippen MR) is 131 cm³/mol. The summed E-state index contributed by atoms with van der Waals surface area (Å²) in [5.74, 6) is -0.533. The summed E-state index contributed by atoms with van der Waals surface area (Å²) in [6, 6.07) is 5.09. The summed E-state index contributed by atoms with van der Waals surface area (Å²) >= 11 is 2.35. The van der Waals surface area contributed by atoms with Crippen LogP contribution in [0.1, 0.15) is 39.0 Å². The maximum atomic E-state index is 13.1. The SMILES string of the molecule is C[C@H]1CC[C@H](N(CCCOc2cccc(OC(F)(F)F)c2)C(=O)Nc2ncc(SCC(=O)O)s2)CC1. The molecule has 0 aliphatic heterocycles. The Kier molecular flexibility index (Phi) is 10.1. The Morgan fingerprint density at radius 1 is 1.25 bits per heavy atom. The number of hydrogen-bond donors (Lipinski definition) is 2. The fourth-order valence-corrected chi connectivity index (χ4v) is 5.45. The van der Waals surface area contributed by atoms with E-state index in [1.54, 1.807) is 11.0 Å². The van der Waals surface area contributed by atoms with Crippen molar-refractivity contribution in [3.8, 4) is 11.5 Å². The smallest absolute Gasteiger partial charge is 0.493 e. The molecule has 0 spiro atoms. The quantitative estimate of drug-likeness (QED) is 0.259. The third kappa shape index (κ3) is 9.41. The van der Waals surface area contributed by atoms with Crippen LogP contribution in [0.15, 0.2) is 34.7 Å². The van der Waals surface area contributed by atoms with Crippen LogP contribution >= 0.6 is 23.1 Å². The van der Waals surface area contributed by atoms with Crippen LogP contribution in [-0.4, -0.2) is 58.3 Å². The molecule has 0 radical (unpaired) electrons. The first kappa shape index (κ1) is 27.9. The molecule has 36 heavy (non-hydrogen) atoms. The minimum atomic E-state index is -4.78. The highest BCUT2D eigenvalue weighted by Gasteiger charge is 2.31. The van der Waals surface area contributed by atoms with Crippen molar-refractivity contribution in [1.82, 2.24) is 9.88 Å². The van der Waals surface area contributed by atoms with E-state index in [9.17, 15) is 22.8 Å². The summed E-state index contributed by atoms with van der Waals surface area (Å²) in [6.45, 7) is 2.79. The molecule has 1 aromatic carbocycles. The molecular formula is C23H28F3N3O5S2. The number of benzene rings is 1. The second-order valence-electron chi connectivity index (χ2n) is 8.43. The van der Waals surface area contributed by atoms with Crippen LogP contribution < -0.4 is 14.8 Å². The lowest BCUT2D eigenvalue weighted by molar-refractivity contribution is -0.274. The standard InChI is InChI=1S/C23H28F3N3O5S2/c1-15-6-8-16(9-7-15)29(22(32)28-21-27-13-20(36-21)35-14-19(30)31)10-3-11-33-17-4-2-5-18(12-17)34-23(24,25)26/h2,4-5,12-13,15-16H,3,6-11,14H2,1H3,(H,30,31)(H,27,28,32)/t15-,16-. The Balaban J connectivity index is 1.56. The summed E-state index contributed by atoms with van der Waals surface area (Å²) < 4.78 is 47.5. The number of amides is 2. The summed E-state index contributed by atoms with van der Waals surface area (Å²) in [4.78, 5) is 29.8. The van der Waals surface area contributed by atoms with Crippen molar-refractivity contribution in [2.24, 2.45) is 5.92 Å². The van der Waals surface area contributed by atoms with Gasteiger partial charge >= 0.3 is 18.4 Å². The number of urea groups is 1. The molecule has 0 bridgehead atoms. The minimum Gasteiger partial charge on any atom is -0.493 e. The van der Waals surface area contributed by atoms with Gasteiger partial charge in [0.25, 0.3) is 0 Å². The fraction of sp³-hybridized carbons (Fsp3) is 0.522. The van der Waals surface area contributed by atoms with Crippen molar-refractivity contribution in [1.29, 1.82) is 0 Å². The topological polar surface area (TPSA) is 101 Å². The Labute approximate surface area is 215 Å². The van der Waals surface area contributed by atoms with E-state index in [1.807, 2.05) is 0 Å². The lowest BCUT2D eigenvalue weighted by Crippen LogP contribution is -2.45. The van der Waals surface area contributed by atoms with E-state index in [2.05, 4.69) is 22.0 Å². The molecule has 2 aromatic rings. The van der Waals surface area contributed by atoms with Gasteiger partial charge in [-0.1, -0.05) is 24.3 Å². The van der Waals surface area contributed by atoms with Crippen molar-refractivity contribution >= 4 is 40.2 Å². The number of alkyl halides is 3. The molecule has 3 rings (SSSR count). The average Bonchev–Trinajstić information content (AvgIpc) is 3.25. The third-order valence-electron chi connectivity index (χ3n) is 5.57. The number of carboxylic acids is 1. The van der Waals surface area contributed by atoms with E-state index >= 15 is 0 Å². The molecule has 2 amide bonds. The highest BCUT2D eigenvalue weighted by molar-refractivity contribution is 8.01. The summed E-state index contributed by atoms with van der Waals surface area (Å²) in [5, 5.41) is 12.0. The Morgan fingerprint density at radius 3 is 2.67 bits per heavy atom. The molecule has 0 saturated heterocycles. The third-order valence-corrected chi connectivity index (χ3v) is 7.67. The number of rotatable bonds is 11. The van der Waals surface area contributed by atoms with Crippen LogP contribution in [0, 0.1) is 5.92 Å². The number of carboxylic acid groups (broad SMARTS) is 1. The zero-order valence-electron chi connectivity index (χ0n) is 19.6. The van der Waals surface area contributed by atoms with Gasteiger partial charge in [0.05, 0.1) is 22.8 Å². The first-order chi connectivity index (χ1) is 17.1. The molecule has 1 fully saturated rings.